The minimum atomic E-state index is -0.905. The van der Waals surface area contributed by atoms with E-state index in [1.54, 1.807) is 36.4 Å². The highest BCUT2D eigenvalue weighted by atomic mass is 32.1. The summed E-state index contributed by atoms with van der Waals surface area (Å²) in [5, 5.41) is 12.0. The van der Waals surface area contributed by atoms with Crippen LogP contribution < -0.4 is 14.4 Å². The fraction of sp³-hybridized carbons (Fsp3) is 0.219. The number of benzene rings is 3. The van der Waals surface area contributed by atoms with Crippen molar-refractivity contribution in [2.45, 2.75) is 39.3 Å². The Morgan fingerprint density at radius 1 is 1.20 bits per heavy atom. The van der Waals surface area contributed by atoms with E-state index >= 15 is 0 Å². The molecule has 7 nitrogen and oxygen atoms in total. The molecule has 2 unspecified atom stereocenters. The second-order valence-electron chi connectivity index (χ2n) is 10.2. The first-order valence-corrected chi connectivity index (χ1v) is 13.9. The largest absolute Gasteiger partial charge is 0.507 e. The molecule has 3 aromatic carbocycles. The number of hydrogen-bond acceptors (Lipinski definition) is 7. The quantitative estimate of drug-likeness (QED) is 0.128. The van der Waals surface area contributed by atoms with E-state index in [4.69, 9.17) is 14.5 Å². The van der Waals surface area contributed by atoms with Crippen molar-refractivity contribution in [1.82, 2.24) is 4.98 Å². The number of amides is 1. The lowest BCUT2D eigenvalue weighted by molar-refractivity contribution is -0.132. The van der Waals surface area contributed by atoms with Crippen molar-refractivity contribution in [2.24, 2.45) is 0 Å². The third-order valence-electron chi connectivity index (χ3n) is 7.18. The highest BCUT2D eigenvalue weighted by Crippen LogP contribution is 2.45. The number of carbonyl (C=O) groups is 2. The van der Waals surface area contributed by atoms with Gasteiger partial charge in [-0.05, 0) is 79.4 Å². The van der Waals surface area contributed by atoms with Gasteiger partial charge in [0, 0.05) is 12.0 Å². The number of carbonyl (C=O) groups excluding carboxylic acids is 2. The maximum atomic E-state index is 13.7. The van der Waals surface area contributed by atoms with E-state index < -0.39 is 17.7 Å². The zero-order valence-corrected chi connectivity index (χ0v) is 23.2. The number of ether oxygens (including phenoxy) is 2. The minimum absolute atomic E-state index is 0.00458. The summed E-state index contributed by atoms with van der Waals surface area (Å²) in [6.07, 6.45) is 2.37. The summed E-state index contributed by atoms with van der Waals surface area (Å²) in [5.41, 5.74) is 4.87. The lowest BCUT2D eigenvalue weighted by atomic mass is 9.94. The molecular formula is C32H28N2O5S. The Kier molecular flexibility index (Phi) is 6.43. The molecule has 202 valence electrons. The second kappa shape index (κ2) is 9.95. The van der Waals surface area contributed by atoms with Gasteiger partial charge in [0.05, 0.1) is 21.8 Å². The van der Waals surface area contributed by atoms with Crippen LogP contribution >= 0.6 is 11.3 Å². The van der Waals surface area contributed by atoms with Gasteiger partial charge in [-0.15, -0.1) is 0 Å². The Balaban J connectivity index is 1.54. The molecule has 6 rings (SSSR count). The maximum Gasteiger partial charge on any atom is 0.301 e. The van der Waals surface area contributed by atoms with E-state index in [1.807, 2.05) is 45.0 Å². The Morgan fingerprint density at radius 3 is 2.83 bits per heavy atom. The monoisotopic (exact) mass is 552 g/mol. The summed E-state index contributed by atoms with van der Waals surface area (Å²) in [7, 11) is 0. The molecule has 1 aromatic heterocycles. The summed E-state index contributed by atoms with van der Waals surface area (Å²) < 4.78 is 12.5. The van der Waals surface area contributed by atoms with Crippen LogP contribution in [0.25, 0.3) is 16.0 Å². The van der Waals surface area contributed by atoms with Crippen molar-refractivity contribution in [3.05, 3.63) is 101 Å². The molecule has 0 spiro atoms. The van der Waals surface area contributed by atoms with Gasteiger partial charge in [-0.2, -0.15) is 0 Å². The molecule has 2 atom stereocenters. The summed E-state index contributed by atoms with van der Waals surface area (Å²) in [6, 6.07) is 15.7. The third kappa shape index (κ3) is 4.34. The zero-order chi connectivity index (χ0) is 28.1. The van der Waals surface area contributed by atoms with Crippen LogP contribution in [0.4, 0.5) is 5.13 Å². The number of aryl methyl sites for hydroxylation is 2. The normalized spacial score (nSPS) is 19.6. The summed E-state index contributed by atoms with van der Waals surface area (Å²) in [5.74, 6) is -0.429. The fourth-order valence-corrected chi connectivity index (χ4v) is 6.63. The van der Waals surface area contributed by atoms with E-state index in [1.165, 1.54) is 16.2 Å². The molecule has 0 aliphatic carbocycles. The van der Waals surface area contributed by atoms with Gasteiger partial charge >= 0.3 is 5.91 Å². The molecule has 2 aliphatic rings. The maximum absolute atomic E-state index is 13.7. The van der Waals surface area contributed by atoms with Crippen molar-refractivity contribution in [3.8, 4) is 11.5 Å². The molecule has 0 bridgehead atoms. The number of rotatable bonds is 6. The van der Waals surface area contributed by atoms with Crippen LogP contribution in [-0.2, 0) is 16.0 Å². The molecule has 1 fully saturated rings. The SMILES string of the molecule is C=CCOc1cccc(C2/C(=C(/O)c3ccc4c(c3)CC(C)O4)C(=O)C(=O)N2c2nc3c(C)cc(C)cc3s2)c1. The van der Waals surface area contributed by atoms with Gasteiger partial charge in [0.25, 0.3) is 5.78 Å². The van der Waals surface area contributed by atoms with E-state index in [0.29, 0.717) is 35.0 Å². The topological polar surface area (TPSA) is 89.0 Å². The summed E-state index contributed by atoms with van der Waals surface area (Å²) in [6.45, 7) is 9.97. The number of Topliss-reactive ketones (excluding diaryl/α,β-unsaturated/α-hetero) is 1. The Hall–Kier alpha value is -4.43. The summed E-state index contributed by atoms with van der Waals surface area (Å²) >= 11 is 1.35. The van der Waals surface area contributed by atoms with E-state index in [-0.39, 0.29) is 17.4 Å². The molecule has 1 saturated heterocycles. The van der Waals surface area contributed by atoms with Gasteiger partial charge < -0.3 is 14.6 Å². The number of aromatic nitrogens is 1. The average molecular weight is 553 g/mol. The van der Waals surface area contributed by atoms with Crippen molar-refractivity contribution >= 4 is 44.1 Å². The first kappa shape index (κ1) is 25.8. The summed E-state index contributed by atoms with van der Waals surface area (Å²) in [4.78, 5) is 33.5. The zero-order valence-electron chi connectivity index (χ0n) is 22.4. The van der Waals surface area contributed by atoms with Crippen LogP contribution in [0, 0.1) is 13.8 Å². The molecule has 0 radical (unpaired) electrons. The van der Waals surface area contributed by atoms with Crippen LogP contribution in [0.15, 0.2) is 72.8 Å². The number of fused-ring (bicyclic) bond motifs is 2. The first-order chi connectivity index (χ1) is 19.2. The molecule has 40 heavy (non-hydrogen) atoms. The lowest BCUT2D eigenvalue weighted by Gasteiger charge is -2.23. The van der Waals surface area contributed by atoms with E-state index in [0.717, 1.165) is 32.7 Å². The van der Waals surface area contributed by atoms with Crippen molar-refractivity contribution in [1.29, 1.82) is 0 Å². The predicted molar refractivity (Wildman–Crippen MR) is 156 cm³/mol. The second-order valence-corrected chi connectivity index (χ2v) is 11.2. The van der Waals surface area contributed by atoms with Gasteiger partial charge in [0.2, 0.25) is 0 Å². The smallest absolute Gasteiger partial charge is 0.301 e. The number of thiazole rings is 1. The first-order valence-electron chi connectivity index (χ1n) is 13.1. The van der Waals surface area contributed by atoms with E-state index in [9.17, 15) is 14.7 Å². The molecule has 4 aromatic rings. The highest BCUT2D eigenvalue weighted by Gasteiger charge is 2.48. The molecule has 1 amide bonds. The number of nitrogens with zero attached hydrogens (tertiary/aromatic N) is 2. The third-order valence-corrected chi connectivity index (χ3v) is 8.18. The van der Waals surface area contributed by atoms with Crippen LogP contribution in [0.1, 0.15) is 40.8 Å². The molecule has 0 saturated carbocycles. The molecule has 2 aliphatic heterocycles. The van der Waals surface area contributed by atoms with Gasteiger partial charge in [0.15, 0.2) is 5.13 Å². The number of aliphatic hydroxyl groups is 1. The van der Waals surface area contributed by atoms with Gasteiger partial charge in [-0.1, -0.05) is 42.2 Å². The van der Waals surface area contributed by atoms with Crippen LogP contribution in [0.2, 0.25) is 0 Å². The van der Waals surface area contributed by atoms with Crippen LogP contribution in [-0.4, -0.2) is 34.5 Å². The van der Waals surface area contributed by atoms with Crippen molar-refractivity contribution < 1.29 is 24.2 Å². The Labute approximate surface area is 236 Å². The van der Waals surface area contributed by atoms with Crippen LogP contribution in [0.3, 0.4) is 0 Å². The van der Waals surface area contributed by atoms with Gasteiger partial charge in [0.1, 0.15) is 30.0 Å². The number of anilines is 1. The minimum Gasteiger partial charge on any atom is -0.507 e. The Morgan fingerprint density at radius 2 is 2.02 bits per heavy atom. The van der Waals surface area contributed by atoms with E-state index in [2.05, 4.69) is 6.58 Å². The molecule has 1 N–H and O–H groups in total. The predicted octanol–water partition coefficient (Wildman–Crippen LogP) is 6.43. The van der Waals surface area contributed by atoms with Gasteiger partial charge in [-0.25, -0.2) is 4.98 Å². The van der Waals surface area contributed by atoms with Crippen molar-refractivity contribution in [2.75, 3.05) is 11.5 Å². The number of hydrogen-bond donors (Lipinski definition) is 1. The van der Waals surface area contributed by atoms with Crippen molar-refractivity contribution in [3.63, 3.8) is 0 Å². The molecular weight excluding hydrogens is 524 g/mol. The fourth-order valence-electron chi connectivity index (χ4n) is 5.46. The molecule has 8 heteroatoms. The molecule has 3 heterocycles. The van der Waals surface area contributed by atoms with Gasteiger partial charge in [-0.3, -0.25) is 14.5 Å². The lowest BCUT2D eigenvalue weighted by Crippen LogP contribution is -2.29. The Bertz CT molecular complexity index is 1740. The number of ketones is 1. The highest BCUT2D eigenvalue weighted by molar-refractivity contribution is 7.22. The standard InChI is InChI=1S/C32H28N2O5S/c1-5-11-38-23-8-6-7-20(16-23)28-26(29(35)21-9-10-24-22(15-21)14-19(4)39-24)30(36)31(37)34(28)32-33-27-18(3)12-17(2)13-25(27)40-32/h5-10,12-13,15-16,19,28,35H,1,11,14H2,2-4H3/b29-26-. The number of aliphatic hydroxyl groups excluding tert-OH is 1. The van der Waals surface area contributed by atoms with Crippen LogP contribution in [0.5, 0.6) is 11.5 Å². The average Bonchev–Trinajstić information content (AvgIpc) is 3.59.